The van der Waals surface area contributed by atoms with Crippen LogP contribution in [0.3, 0.4) is 0 Å². The largest absolute Gasteiger partial charge is 0.353 e. The zero-order valence-electron chi connectivity index (χ0n) is 12.7. The van der Waals surface area contributed by atoms with E-state index in [-0.39, 0.29) is 6.04 Å². The van der Waals surface area contributed by atoms with Crippen molar-refractivity contribution >= 4 is 33.2 Å². The van der Waals surface area contributed by atoms with Crippen LogP contribution >= 0.6 is 27.3 Å². The highest BCUT2D eigenvalue weighted by atomic mass is 79.9. The minimum atomic E-state index is 0.274. The predicted molar refractivity (Wildman–Crippen MR) is 97.7 cm³/mol. The maximum Gasteiger partial charge on any atom is 0.191 e. The number of halogens is 1. The van der Waals surface area contributed by atoms with Crippen LogP contribution in [0.25, 0.3) is 0 Å². The van der Waals surface area contributed by atoms with Crippen molar-refractivity contribution in [2.24, 2.45) is 4.99 Å². The van der Waals surface area contributed by atoms with Crippen LogP contribution < -0.4 is 10.6 Å². The summed E-state index contributed by atoms with van der Waals surface area (Å²) in [6, 6.07) is 13.6. The molecule has 2 N–H and O–H groups in total. The number of nitrogens with one attached hydrogen (secondary N) is 2. The van der Waals surface area contributed by atoms with Gasteiger partial charge in [0.2, 0.25) is 0 Å². The summed E-state index contributed by atoms with van der Waals surface area (Å²) in [6.07, 6.45) is 1.16. The van der Waals surface area contributed by atoms with Crippen molar-refractivity contribution in [1.29, 1.82) is 0 Å². The molecule has 1 aromatic carbocycles. The Morgan fingerprint density at radius 2 is 2.09 bits per heavy atom. The molecule has 1 aromatic heterocycles. The van der Waals surface area contributed by atoms with Gasteiger partial charge in [-0.1, -0.05) is 34.1 Å². The quantitative estimate of drug-likeness (QED) is 0.615. The Labute approximate surface area is 144 Å². The molecule has 0 bridgehead atoms. The Hall–Kier alpha value is -1.33. The first-order valence-electron chi connectivity index (χ1n) is 7.46. The third-order valence-electron chi connectivity index (χ3n) is 3.96. The SMILES string of the molecule is CN=C(NC(C)c1cccs1)NC1CC1c1ccc(Br)cc1. The smallest absolute Gasteiger partial charge is 0.191 e. The minimum absolute atomic E-state index is 0.274. The zero-order valence-corrected chi connectivity index (χ0v) is 15.1. The highest BCUT2D eigenvalue weighted by molar-refractivity contribution is 9.10. The van der Waals surface area contributed by atoms with Gasteiger partial charge in [0.1, 0.15) is 0 Å². The molecule has 3 nitrogen and oxygen atoms in total. The Bertz CT molecular complexity index is 636. The predicted octanol–water partition coefficient (Wildman–Crippen LogP) is 4.29. The van der Waals surface area contributed by atoms with Crippen LogP contribution in [-0.4, -0.2) is 19.0 Å². The second-order valence-corrected chi connectivity index (χ2v) is 7.49. The molecule has 0 radical (unpaired) electrons. The van der Waals surface area contributed by atoms with E-state index in [4.69, 9.17) is 0 Å². The topological polar surface area (TPSA) is 36.4 Å². The molecule has 5 heteroatoms. The van der Waals surface area contributed by atoms with Crippen molar-refractivity contribution in [1.82, 2.24) is 10.6 Å². The van der Waals surface area contributed by atoms with E-state index in [9.17, 15) is 0 Å². The molecule has 1 aliphatic rings. The van der Waals surface area contributed by atoms with Crippen molar-refractivity contribution < 1.29 is 0 Å². The Kier molecular flexibility index (Phi) is 4.84. The molecule has 3 unspecified atom stereocenters. The summed E-state index contributed by atoms with van der Waals surface area (Å²) < 4.78 is 1.13. The second-order valence-electron chi connectivity index (χ2n) is 5.60. The number of thiophene rings is 1. The molecule has 0 saturated heterocycles. The van der Waals surface area contributed by atoms with Gasteiger partial charge in [-0.2, -0.15) is 0 Å². The van der Waals surface area contributed by atoms with Gasteiger partial charge >= 0.3 is 0 Å². The van der Waals surface area contributed by atoms with E-state index in [1.54, 1.807) is 11.3 Å². The standard InChI is InChI=1S/C17H20BrN3S/c1-11(16-4-3-9-22-16)20-17(19-2)21-15-10-14(15)12-5-7-13(18)8-6-12/h3-9,11,14-15H,10H2,1-2H3,(H2,19,20,21). The monoisotopic (exact) mass is 377 g/mol. The Balaban J connectivity index is 1.55. The molecule has 0 amide bonds. The highest BCUT2D eigenvalue weighted by Gasteiger charge is 2.39. The van der Waals surface area contributed by atoms with Gasteiger partial charge in [0.05, 0.1) is 6.04 Å². The van der Waals surface area contributed by atoms with Crippen molar-refractivity contribution in [2.75, 3.05) is 7.05 Å². The molecule has 0 aliphatic heterocycles. The maximum absolute atomic E-state index is 4.35. The summed E-state index contributed by atoms with van der Waals surface area (Å²) in [5.41, 5.74) is 1.39. The average Bonchev–Trinajstić information content (AvgIpc) is 3.06. The van der Waals surface area contributed by atoms with Crippen molar-refractivity contribution in [3.63, 3.8) is 0 Å². The molecule has 1 aliphatic carbocycles. The van der Waals surface area contributed by atoms with E-state index < -0.39 is 0 Å². The van der Waals surface area contributed by atoms with E-state index in [0.717, 1.165) is 16.9 Å². The number of hydrogen-bond acceptors (Lipinski definition) is 2. The summed E-state index contributed by atoms with van der Waals surface area (Å²) in [7, 11) is 1.83. The first-order chi connectivity index (χ1) is 10.7. The summed E-state index contributed by atoms with van der Waals surface area (Å²) in [4.78, 5) is 5.67. The lowest BCUT2D eigenvalue weighted by Gasteiger charge is -2.17. The Morgan fingerprint density at radius 1 is 1.32 bits per heavy atom. The van der Waals surface area contributed by atoms with E-state index in [1.807, 2.05) is 7.05 Å². The third kappa shape index (κ3) is 3.70. The van der Waals surface area contributed by atoms with Gasteiger partial charge in [-0.3, -0.25) is 4.99 Å². The molecule has 3 atom stereocenters. The number of rotatable bonds is 4. The lowest BCUT2D eigenvalue weighted by molar-refractivity contribution is 0.692. The molecular weight excluding hydrogens is 358 g/mol. The highest BCUT2D eigenvalue weighted by Crippen LogP contribution is 2.41. The van der Waals surface area contributed by atoms with E-state index in [1.165, 1.54) is 10.4 Å². The molecule has 1 heterocycles. The number of nitrogens with zero attached hydrogens (tertiary/aromatic N) is 1. The molecule has 3 rings (SSSR count). The molecule has 2 aromatic rings. The van der Waals surface area contributed by atoms with Crippen LogP contribution in [0.1, 0.15) is 35.7 Å². The number of benzene rings is 1. The van der Waals surface area contributed by atoms with E-state index in [2.05, 4.69) is 80.3 Å². The van der Waals surface area contributed by atoms with Gasteiger partial charge in [0.15, 0.2) is 5.96 Å². The summed E-state index contributed by atoms with van der Waals surface area (Å²) in [5, 5.41) is 9.10. The normalized spacial score (nSPS) is 22.2. The van der Waals surface area contributed by atoms with Crippen LogP contribution in [0.5, 0.6) is 0 Å². The van der Waals surface area contributed by atoms with Crippen molar-refractivity contribution in [3.05, 3.63) is 56.7 Å². The third-order valence-corrected chi connectivity index (χ3v) is 5.54. The first kappa shape index (κ1) is 15.6. The number of guanidine groups is 1. The van der Waals surface area contributed by atoms with Crippen LogP contribution in [0.4, 0.5) is 0 Å². The summed E-state index contributed by atoms with van der Waals surface area (Å²) in [5.74, 6) is 1.47. The van der Waals surface area contributed by atoms with Crippen LogP contribution in [-0.2, 0) is 0 Å². The summed E-state index contributed by atoms with van der Waals surface area (Å²) >= 11 is 5.25. The minimum Gasteiger partial charge on any atom is -0.353 e. The number of hydrogen-bond donors (Lipinski definition) is 2. The molecular formula is C17H20BrN3S. The van der Waals surface area contributed by atoms with E-state index in [0.29, 0.717) is 12.0 Å². The molecule has 22 heavy (non-hydrogen) atoms. The van der Waals surface area contributed by atoms with Crippen LogP contribution in [0.2, 0.25) is 0 Å². The fraction of sp³-hybridized carbons (Fsp3) is 0.353. The fourth-order valence-electron chi connectivity index (χ4n) is 2.59. The lowest BCUT2D eigenvalue weighted by Crippen LogP contribution is -2.40. The fourth-order valence-corrected chi connectivity index (χ4v) is 3.59. The van der Waals surface area contributed by atoms with Gasteiger partial charge in [0, 0.05) is 28.4 Å². The molecule has 1 fully saturated rings. The second kappa shape index (κ2) is 6.84. The van der Waals surface area contributed by atoms with Gasteiger partial charge in [-0.05, 0) is 42.5 Å². The molecule has 0 spiro atoms. The van der Waals surface area contributed by atoms with Crippen molar-refractivity contribution in [2.45, 2.75) is 31.3 Å². The first-order valence-corrected chi connectivity index (χ1v) is 9.13. The Morgan fingerprint density at radius 3 is 2.73 bits per heavy atom. The maximum atomic E-state index is 4.35. The molecule has 1 saturated carbocycles. The average molecular weight is 378 g/mol. The zero-order chi connectivity index (χ0) is 15.5. The number of aliphatic imine (C=N–C) groups is 1. The van der Waals surface area contributed by atoms with Gasteiger partial charge in [0.25, 0.3) is 0 Å². The lowest BCUT2D eigenvalue weighted by atomic mass is 10.1. The van der Waals surface area contributed by atoms with E-state index >= 15 is 0 Å². The van der Waals surface area contributed by atoms with Crippen LogP contribution in [0.15, 0.2) is 51.2 Å². The summed E-state index contributed by atoms with van der Waals surface area (Å²) in [6.45, 7) is 2.16. The van der Waals surface area contributed by atoms with Gasteiger partial charge in [-0.15, -0.1) is 11.3 Å². The van der Waals surface area contributed by atoms with Gasteiger partial charge < -0.3 is 10.6 Å². The molecule has 116 valence electrons. The van der Waals surface area contributed by atoms with Gasteiger partial charge in [-0.25, -0.2) is 0 Å². The van der Waals surface area contributed by atoms with Crippen molar-refractivity contribution in [3.8, 4) is 0 Å². The van der Waals surface area contributed by atoms with Crippen LogP contribution in [0, 0.1) is 0 Å².